The summed E-state index contributed by atoms with van der Waals surface area (Å²) in [5.74, 6) is -0.221. The number of nitrogens with two attached hydrogens (primary N) is 1. The second-order valence-corrected chi connectivity index (χ2v) is 4.50. The molecule has 1 amide bonds. The summed E-state index contributed by atoms with van der Waals surface area (Å²) in [6, 6.07) is 6.53. The van der Waals surface area contributed by atoms with Crippen LogP contribution in [0.3, 0.4) is 0 Å². The Morgan fingerprint density at radius 2 is 1.82 bits per heavy atom. The van der Waals surface area contributed by atoms with Gasteiger partial charge in [0, 0.05) is 25.2 Å². The molecule has 0 heterocycles. The number of carbonyl (C=O) groups excluding carboxylic acids is 1. The summed E-state index contributed by atoms with van der Waals surface area (Å²) in [4.78, 5) is 13.0. The van der Waals surface area contributed by atoms with E-state index in [4.69, 9.17) is 5.73 Å². The van der Waals surface area contributed by atoms with E-state index >= 15 is 0 Å². The zero-order valence-corrected chi connectivity index (χ0v) is 11.0. The molecule has 94 valence electrons. The van der Waals surface area contributed by atoms with Crippen LogP contribution in [-0.2, 0) is 4.79 Å². The number of amides is 1. The van der Waals surface area contributed by atoms with Crippen molar-refractivity contribution in [2.24, 2.45) is 5.73 Å². The minimum absolute atomic E-state index is 0.221. The summed E-state index contributed by atoms with van der Waals surface area (Å²) in [5, 5.41) is 0. The third-order valence-electron chi connectivity index (χ3n) is 2.80. The quantitative estimate of drug-likeness (QED) is 0.821. The minimum Gasteiger partial charge on any atom is -0.372 e. The van der Waals surface area contributed by atoms with Gasteiger partial charge >= 0.3 is 0 Å². The maximum atomic E-state index is 10.7. The van der Waals surface area contributed by atoms with Crippen molar-refractivity contribution in [3.63, 3.8) is 0 Å². The second kappa shape index (κ2) is 6.28. The number of anilines is 1. The highest BCUT2D eigenvalue weighted by Gasteiger charge is 2.06. The molecule has 0 atom stereocenters. The summed E-state index contributed by atoms with van der Waals surface area (Å²) < 4.78 is 0. The van der Waals surface area contributed by atoms with Gasteiger partial charge in [0.15, 0.2) is 0 Å². The normalized spacial score (nSPS) is 10.3. The van der Waals surface area contributed by atoms with Crippen LogP contribution in [0.4, 0.5) is 5.69 Å². The van der Waals surface area contributed by atoms with Gasteiger partial charge < -0.3 is 10.6 Å². The van der Waals surface area contributed by atoms with Crippen LogP contribution in [-0.4, -0.2) is 19.0 Å². The number of hydrogen-bond donors (Lipinski definition) is 1. The Balaban J connectivity index is 2.68. The molecule has 0 saturated heterocycles. The van der Waals surface area contributed by atoms with Gasteiger partial charge in [-0.1, -0.05) is 6.07 Å². The molecule has 0 aromatic heterocycles. The smallest absolute Gasteiger partial charge is 0.217 e. The van der Waals surface area contributed by atoms with Crippen molar-refractivity contribution in [3.8, 4) is 0 Å². The van der Waals surface area contributed by atoms with Crippen molar-refractivity contribution in [1.29, 1.82) is 0 Å². The second-order valence-electron chi connectivity index (χ2n) is 4.50. The number of aryl methyl sites for hydroxylation is 2. The van der Waals surface area contributed by atoms with Crippen molar-refractivity contribution in [2.45, 2.75) is 33.6 Å². The first-order chi connectivity index (χ1) is 8.02. The highest BCUT2D eigenvalue weighted by Crippen LogP contribution is 2.19. The van der Waals surface area contributed by atoms with Gasteiger partial charge in [-0.15, -0.1) is 0 Å². The molecular weight excluding hydrogens is 212 g/mol. The van der Waals surface area contributed by atoms with Gasteiger partial charge in [0.05, 0.1) is 0 Å². The molecule has 1 aromatic carbocycles. The Morgan fingerprint density at radius 1 is 1.24 bits per heavy atom. The summed E-state index contributed by atoms with van der Waals surface area (Å²) in [6.45, 7) is 8.16. The summed E-state index contributed by atoms with van der Waals surface area (Å²) in [5.41, 5.74) is 8.92. The molecule has 0 radical (unpaired) electrons. The van der Waals surface area contributed by atoms with Crippen LogP contribution >= 0.6 is 0 Å². The number of nitrogens with zero attached hydrogens (tertiary/aromatic N) is 1. The molecule has 0 spiro atoms. The van der Waals surface area contributed by atoms with E-state index < -0.39 is 0 Å². The van der Waals surface area contributed by atoms with Gasteiger partial charge in [0.1, 0.15) is 0 Å². The Hall–Kier alpha value is -1.51. The molecule has 2 N–H and O–H groups in total. The SMILES string of the molecule is CCN(CCCC(N)=O)c1cc(C)cc(C)c1. The van der Waals surface area contributed by atoms with E-state index in [0.29, 0.717) is 6.42 Å². The predicted octanol–water partition coefficient (Wildman–Crippen LogP) is 2.40. The third-order valence-corrected chi connectivity index (χ3v) is 2.80. The summed E-state index contributed by atoms with van der Waals surface area (Å²) in [7, 11) is 0. The minimum atomic E-state index is -0.221. The zero-order chi connectivity index (χ0) is 12.8. The number of hydrogen-bond acceptors (Lipinski definition) is 2. The summed E-state index contributed by atoms with van der Waals surface area (Å²) >= 11 is 0. The van der Waals surface area contributed by atoms with Gasteiger partial charge in [-0.3, -0.25) is 4.79 Å². The Bertz CT molecular complexity index is 368. The fraction of sp³-hybridized carbons (Fsp3) is 0.500. The Morgan fingerprint density at radius 3 is 2.29 bits per heavy atom. The fourth-order valence-corrected chi connectivity index (χ4v) is 2.05. The molecule has 0 saturated carbocycles. The van der Waals surface area contributed by atoms with E-state index in [0.717, 1.165) is 19.5 Å². The third kappa shape index (κ3) is 4.47. The highest BCUT2D eigenvalue weighted by atomic mass is 16.1. The molecule has 1 rings (SSSR count). The number of primary amides is 1. The standard InChI is InChI=1S/C14H22N2O/c1-4-16(7-5-6-14(15)17)13-9-11(2)8-12(3)10-13/h8-10H,4-7H2,1-3H3,(H2,15,17). The molecular formula is C14H22N2O. The van der Waals surface area contributed by atoms with Crippen molar-refractivity contribution >= 4 is 11.6 Å². The van der Waals surface area contributed by atoms with Gasteiger partial charge in [0.2, 0.25) is 5.91 Å². The van der Waals surface area contributed by atoms with Gasteiger partial charge in [-0.25, -0.2) is 0 Å². The van der Waals surface area contributed by atoms with Gasteiger partial charge in [-0.05, 0) is 50.5 Å². The molecule has 17 heavy (non-hydrogen) atoms. The van der Waals surface area contributed by atoms with Crippen LogP contribution in [0.15, 0.2) is 18.2 Å². The molecule has 0 aliphatic rings. The summed E-state index contributed by atoms with van der Waals surface area (Å²) in [6.07, 6.45) is 1.28. The van der Waals surface area contributed by atoms with Crippen LogP contribution < -0.4 is 10.6 Å². The van der Waals surface area contributed by atoms with Crippen LogP contribution in [0.25, 0.3) is 0 Å². The lowest BCUT2D eigenvalue weighted by atomic mass is 10.1. The van der Waals surface area contributed by atoms with E-state index in [-0.39, 0.29) is 5.91 Å². The highest BCUT2D eigenvalue weighted by molar-refractivity contribution is 5.73. The maximum absolute atomic E-state index is 10.7. The van der Waals surface area contributed by atoms with Crippen molar-refractivity contribution in [2.75, 3.05) is 18.0 Å². The van der Waals surface area contributed by atoms with E-state index in [1.165, 1.54) is 16.8 Å². The molecule has 0 aliphatic heterocycles. The largest absolute Gasteiger partial charge is 0.372 e. The zero-order valence-electron chi connectivity index (χ0n) is 11.0. The predicted molar refractivity (Wildman–Crippen MR) is 72.2 cm³/mol. The Labute approximate surface area is 104 Å². The van der Waals surface area contributed by atoms with Crippen molar-refractivity contribution in [3.05, 3.63) is 29.3 Å². The lowest BCUT2D eigenvalue weighted by Gasteiger charge is -2.23. The van der Waals surface area contributed by atoms with Crippen molar-refractivity contribution in [1.82, 2.24) is 0 Å². The molecule has 1 aromatic rings. The van der Waals surface area contributed by atoms with Gasteiger partial charge in [0.25, 0.3) is 0 Å². The van der Waals surface area contributed by atoms with E-state index in [1.807, 2.05) is 0 Å². The number of rotatable bonds is 6. The van der Waals surface area contributed by atoms with E-state index in [1.54, 1.807) is 0 Å². The van der Waals surface area contributed by atoms with Crippen LogP contribution in [0, 0.1) is 13.8 Å². The van der Waals surface area contributed by atoms with Crippen molar-refractivity contribution < 1.29 is 4.79 Å². The first-order valence-corrected chi connectivity index (χ1v) is 6.14. The topological polar surface area (TPSA) is 46.3 Å². The lowest BCUT2D eigenvalue weighted by Crippen LogP contribution is -2.25. The average molecular weight is 234 g/mol. The van der Waals surface area contributed by atoms with Crippen LogP contribution in [0.1, 0.15) is 30.9 Å². The first-order valence-electron chi connectivity index (χ1n) is 6.14. The maximum Gasteiger partial charge on any atom is 0.217 e. The van der Waals surface area contributed by atoms with E-state index in [2.05, 4.69) is 43.9 Å². The van der Waals surface area contributed by atoms with Crippen LogP contribution in [0.5, 0.6) is 0 Å². The fourth-order valence-electron chi connectivity index (χ4n) is 2.05. The van der Waals surface area contributed by atoms with Crippen LogP contribution in [0.2, 0.25) is 0 Å². The molecule has 3 heteroatoms. The molecule has 0 fully saturated rings. The van der Waals surface area contributed by atoms with Gasteiger partial charge in [-0.2, -0.15) is 0 Å². The molecule has 0 bridgehead atoms. The monoisotopic (exact) mass is 234 g/mol. The lowest BCUT2D eigenvalue weighted by molar-refractivity contribution is -0.118. The van der Waals surface area contributed by atoms with E-state index in [9.17, 15) is 4.79 Å². The number of benzene rings is 1. The molecule has 0 aliphatic carbocycles. The first kappa shape index (κ1) is 13.6. The molecule has 0 unspecified atom stereocenters. The average Bonchev–Trinajstić information content (AvgIpc) is 2.22. The number of carbonyl (C=O) groups is 1. The Kier molecular flexibility index (Phi) is 5.01. The molecule has 3 nitrogen and oxygen atoms in total.